The molecule has 0 radical (unpaired) electrons. The Kier molecular flexibility index (Phi) is 5.08. The molecule has 0 spiro atoms. The number of hydrogen-bond donors (Lipinski definition) is 1. The lowest BCUT2D eigenvalue weighted by Crippen LogP contribution is -2.08. The fourth-order valence-electron chi connectivity index (χ4n) is 2.80. The Bertz CT molecular complexity index is 982. The van der Waals surface area contributed by atoms with Gasteiger partial charge in [0.1, 0.15) is 27.8 Å². The van der Waals surface area contributed by atoms with E-state index in [9.17, 15) is 4.79 Å². The number of fused-ring (bicyclic) bond motifs is 1. The molecule has 3 rings (SSSR count). The molecule has 0 unspecified atom stereocenters. The van der Waals surface area contributed by atoms with E-state index in [4.69, 9.17) is 9.47 Å². The number of nitrogens with zero attached hydrogens (tertiary/aromatic N) is 2. The quantitative estimate of drug-likeness (QED) is 0.683. The van der Waals surface area contributed by atoms with E-state index in [1.165, 1.54) is 24.7 Å². The minimum atomic E-state index is -0.423. The molecule has 2 aromatic heterocycles. The zero-order valence-corrected chi connectivity index (χ0v) is 16.3. The van der Waals surface area contributed by atoms with Gasteiger partial charge in [0.15, 0.2) is 0 Å². The van der Waals surface area contributed by atoms with Crippen molar-refractivity contribution in [2.75, 3.05) is 19.5 Å². The summed E-state index contributed by atoms with van der Waals surface area (Å²) in [5.74, 6) is 1.61. The first-order chi connectivity index (χ1) is 12.4. The summed E-state index contributed by atoms with van der Waals surface area (Å²) in [4.78, 5) is 23.3. The molecule has 26 heavy (non-hydrogen) atoms. The summed E-state index contributed by atoms with van der Waals surface area (Å²) in [6.45, 7) is 6.58. The monoisotopic (exact) mass is 371 g/mol. The molecule has 7 heteroatoms. The molecule has 1 aromatic carbocycles. The third kappa shape index (κ3) is 3.35. The smallest absolute Gasteiger partial charge is 0.341 e. The summed E-state index contributed by atoms with van der Waals surface area (Å²) in [6, 6.07) is 5.45. The molecular weight excluding hydrogens is 350 g/mol. The number of thiophene rings is 1. The molecule has 0 atom stereocenters. The molecule has 0 bridgehead atoms. The zero-order chi connectivity index (χ0) is 18.8. The van der Waals surface area contributed by atoms with Crippen molar-refractivity contribution in [2.45, 2.75) is 27.3 Å². The van der Waals surface area contributed by atoms with Crippen molar-refractivity contribution in [1.82, 2.24) is 9.97 Å². The maximum absolute atomic E-state index is 11.9. The average Bonchev–Trinajstić information content (AvgIpc) is 2.92. The molecular formula is C19H21N3O3S. The topological polar surface area (TPSA) is 73.3 Å². The van der Waals surface area contributed by atoms with Gasteiger partial charge >= 0.3 is 5.97 Å². The molecule has 0 saturated heterocycles. The molecule has 2 heterocycles. The van der Waals surface area contributed by atoms with Gasteiger partial charge in [-0.2, -0.15) is 0 Å². The number of esters is 1. The Morgan fingerprint density at radius 3 is 2.65 bits per heavy atom. The second kappa shape index (κ2) is 7.29. The lowest BCUT2D eigenvalue weighted by Gasteiger charge is -2.11. The second-order valence-corrected chi connectivity index (χ2v) is 7.17. The first-order valence-electron chi connectivity index (χ1n) is 8.18. The molecule has 0 saturated carbocycles. The van der Waals surface area contributed by atoms with E-state index in [0.717, 1.165) is 27.4 Å². The van der Waals surface area contributed by atoms with Crippen LogP contribution in [0.1, 0.15) is 32.2 Å². The first kappa shape index (κ1) is 18.1. The van der Waals surface area contributed by atoms with Gasteiger partial charge in [-0.3, -0.25) is 0 Å². The van der Waals surface area contributed by atoms with Crippen LogP contribution in [0.4, 0.5) is 5.82 Å². The molecule has 0 fully saturated rings. The number of aryl methyl sites for hydroxylation is 3. The number of anilines is 1. The van der Waals surface area contributed by atoms with Crippen LogP contribution in [0.25, 0.3) is 10.2 Å². The number of ether oxygens (including phenoxy) is 2. The van der Waals surface area contributed by atoms with Crippen LogP contribution in [0, 0.1) is 20.8 Å². The summed E-state index contributed by atoms with van der Waals surface area (Å²) in [5.41, 5.74) is 2.53. The molecule has 3 aromatic rings. The van der Waals surface area contributed by atoms with Crippen LogP contribution in [0.5, 0.6) is 5.75 Å². The highest BCUT2D eigenvalue weighted by atomic mass is 32.1. The maximum Gasteiger partial charge on any atom is 0.341 e. The van der Waals surface area contributed by atoms with Crippen molar-refractivity contribution in [1.29, 1.82) is 0 Å². The van der Waals surface area contributed by atoms with E-state index in [0.29, 0.717) is 17.9 Å². The van der Waals surface area contributed by atoms with Crippen molar-refractivity contribution < 1.29 is 14.3 Å². The zero-order valence-electron chi connectivity index (χ0n) is 15.5. The number of nitrogens with one attached hydrogen (secondary N) is 1. The predicted molar refractivity (Wildman–Crippen MR) is 103 cm³/mol. The summed E-state index contributed by atoms with van der Waals surface area (Å²) >= 11 is 1.67. The third-order valence-electron chi connectivity index (χ3n) is 4.27. The van der Waals surface area contributed by atoms with E-state index in [1.54, 1.807) is 23.5 Å². The SMILES string of the molecule is COC(=O)c1cc(CNc2nc(C)nc3sc(C)c(C)c23)ccc1OC. The van der Waals surface area contributed by atoms with E-state index >= 15 is 0 Å². The second-order valence-electron chi connectivity index (χ2n) is 5.96. The van der Waals surface area contributed by atoms with Crippen molar-refractivity contribution in [3.63, 3.8) is 0 Å². The lowest BCUT2D eigenvalue weighted by atomic mass is 10.1. The largest absolute Gasteiger partial charge is 0.496 e. The number of methoxy groups -OCH3 is 2. The number of rotatable bonds is 5. The summed E-state index contributed by atoms with van der Waals surface area (Å²) in [5, 5.41) is 4.44. The van der Waals surface area contributed by atoms with Gasteiger partial charge in [-0.25, -0.2) is 14.8 Å². The van der Waals surface area contributed by atoms with Gasteiger partial charge in [0.25, 0.3) is 0 Å². The molecule has 0 aliphatic carbocycles. The fourth-order valence-corrected chi connectivity index (χ4v) is 3.88. The van der Waals surface area contributed by atoms with Crippen molar-refractivity contribution in [2.24, 2.45) is 0 Å². The Morgan fingerprint density at radius 1 is 1.19 bits per heavy atom. The Balaban J connectivity index is 1.92. The van der Waals surface area contributed by atoms with Crippen LogP contribution in [0.2, 0.25) is 0 Å². The van der Waals surface area contributed by atoms with Gasteiger partial charge in [-0.05, 0) is 44.0 Å². The molecule has 0 aliphatic heterocycles. The maximum atomic E-state index is 11.9. The van der Waals surface area contributed by atoms with Crippen LogP contribution < -0.4 is 10.1 Å². The van der Waals surface area contributed by atoms with E-state index in [1.807, 2.05) is 13.0 Å². The van der Waals surface area contributed by atoms with E-state index < -0.39 is 5.97 Å². The first-order valence-corrected chi connectivity index (χ1v) is 8.99. The Hall–Kier alpha value is -2.67. The predicted octanol–water partition coefficient (Wildman–Crippen LogP) is 4.02. The van der Waals surface area contributed by atoms with Gasteiger partial charge < -0.3 is 14.8 Å². The van der Waals surface area contributed by atoms with Gasteiger partial charge in [-0.1, -0.05) is 6.07 Å². The van der Waals surface area contributed by atoms with Gasteiger partial charge in [0.05, 0.1) is 19.6 Å². The van der Waals surface area contributed by atoms with Crippen molar-refractivity contribution in [3.8, 4) is 5.75 Å². The number of benzene rings is 1. The minimum absolute atomic E-state index is 0.404. The highest BCUT2D eigenvalue weighted by molar-refractivity contribution is 7.18. The average molecular weight is 371 g/mol. The van der Waals surface area contributed by atoms with Crippen LogP contribution in [-0.4, -0.2) is 30.2 Å². The van der Waals surface area contributed by atoms with E-state index in [2.05, 4.69) is 29.1 Å². The normalized spacial score (nSPS) is 10.8. The molecule has 0 aliphatic rings. The number of hydrogen-bond acceptors (Lipinski definition) is 7. The Labute approximate surface area is 156 Å². The van der Waals surface area contributed by atoms with Gasteiger partial charge in [0.2, 0.25) is 0 Å². The number of carbonyl (C=O) groups is 1. The summed E-state index contributed by atoms with van der Waals surface area (Å²) in [7, 11) is 2.89. The van der Waals surface area contributed by atoms with Crippen LogP contribution in [0.15, 0.2) is 18.2 Å². The molecule has 6 nitrogen and oxygen atoms in total. The highest BCUT2D eigenvalue weighted by Crippen LogP contribution is 2.33. The van der Waals surface area contributed by atoms with Crippen LogP contribution >= 0.6 is 11.3 Å². The fraction of sp³-hybridized carbons (Fsp3) is 0.316. The Morgan fingerprint density at radius 2 is 1.96 bits per heavy atom. The van der Waals surface area contributed by atoms with Crippen LogP contribution in [0.3, 0.4) is 0 Å². The van der Waals surface area contributed by atoms with Crippen molar-refractivity contribution >= 4 is 33.3 Å². The third-order valence-corrected chi connectivity index (χ3v) is 5.37. The lowest BCUT2D eigenvalue weighted by molar-refractivity contribution is 0.0597. The molecule has 136 valence electrons. The standard InChI is InChI=1S/C19H21N3O3S/c1-10-11(2)26-18-16(10)17(21-12(3)22-18)20-9-13-6-7-15(24-4)14(8-13)19(23)25-5/h6-8H,9H2,1-5H3,(H,20,21,22). The number of carbonyl (C=O) groups excluding carboxylic acids is 1. The van der Waals surface area contributed by atoms with Crippen molar-refractivity contribution in [3.05, 3.63) is 45.6 Å². The summed E-state index contributed by atoms with van der Waals surface area (Å²) in [6.07, 6.45) is 0. The summed E-state index contributed by atoms with van der Waals surface area (Å²) < 4.78 is 10.1. The minimum Gasteiger partial charge on any atom is -0.496 e. The number of aromatic nitrogens is 2. The molecule has 0 amide bonds. The molecule has 1 N–H and O–H groups in total. The van der Waals surface area contributed by atoms with Crippen LogP contribution in [-0.2, 0) is 11.3 Å². The van der Waals surface area contributed by atoms with E-state index in [-0.39, 0.29) is 0 Å². The van der Waals surface area contributed by atoms with Gasteiger partial charge in [-0.15, -0.1) is 11.3 Å². The highest BCUT2D eigenvalue weighted by Gasteiger charge is 2.15. The van der Waals surface area contributed by atoms with Gasteiger partial charge in [0, 0.05) is 11.4 Å².